The maximum Gasteiger partial charge on any atom is 0.277 e. The van der Waals surface area contributed by atoms with Crippen LogP contribution in [0.2, 0.25) is 10.0 Å². The van der Waals surface area contributed by atoms with Gasteiger partial charge in [0.05, 0.1) is 29.3 Å². The fourth-order valence-electron chi connectivity index (χ4n) is 4.06. The second-order valence-electron chi connectivity index (χ2n) is 7.77. The third-order valence-electron chi connectivity index (χ3n) is 6.10. The van der Waals surface area contributed by atoms with E-state index in [1.807, 2.05) is 12.1 Å². The van der Waals surface area contributed by atoms with Crippen molar-refractivity contribution in [2.45, 2.75) is 12.0 Å². The van der Waals surface area contributed by atoms with Gasteiger partial charge >= 0.3 is 0 Å². The Labute approximate surface area is 195 Å². The van der Waals surface area contributed by atoms with Crippen molar-refractivity contribution in [2.24, 2.45) is 0 Å². The van der Waals surface area contributed by atoms with E-state index in [9.17, 15) is 9.59 Å². The van der Waals surface area contributed by atoms with Crippen molar-refractivity contribution < 1.29 is 19.2 Å². The highest BCUT2D eigenvalue weighted by Gasteiger charge is 2.43. The zero-order valence-corrected chi connectivity index (χ0v) is 19.5. The molecule has 1 aliphatic heterocycles. The van der Waals surface area contributed by atoms with E-state index in [-0.39, 0.29) is 11.8 Å². The molecule has 1 fully saturated rings. The standard InChI is InChI=1S/C23H23Cl2N3O4/c1-27(22(30)19-12-16-18(26-19)9-8-17(24)20(16)25)23(10-11-32-13-23)15-6-4-14(5-7-15)21(29)28(2)31-3/h4-9,12,26H,10-11,13H2,1-3H3. The van der Waals surface area contributed by atoms with E-state index in [1.54, 1.807) is 49.3 Å². The number of fused-ring (bicyclic) bond motifs is 1. The van der Waals surface area contributed by atoms with E-state index in [0.29, 0.717) is 46.3 Å². The number of hydrogen-bond donors (Lipinski definition) is 1. The molecule has 1 aromatic heterocycles. The van der Waals surface area contributed by atoms with Gasteiger partial charge in [0.1, 0.15) is 5.69 Å². The number of likely N-dealkylation sites (N-methyl/N-ethyl adjacent to an activating group) is 1. The number of aromatic amines is 1. The van der Waals surface area contributed by atoms with Crippen molar-refractivity contribution in [1.29, 1.82) is 0 Å². The molecule has 9 heteroatoms. The molecule has 4 rings (SSSR count). The highest BCUT2D eigenvalue weighted by molar-refractivity contribution is 6.45. The molecule has 0 spiro atoms. The van der Waals surface area contributed by atoms with Crippen LogP contribution in [0, 0.1) is 0 Å². The number of benzene rings is 2. The molecule has 0 saturated carbocycles. The zero-order valence-electron chi connectivity index (χ0n) is 17.9. The number of hydroxylamine groups is 2. The number of amides is 2. The molecular formula is C23H23Cl2N3O4. The monoisotopic (exact) mass is 475 g/mol. The molecule has 2 heterocycles. The Kier molecular flexibility index (Phi) is 6.18. The van der Waals surface area contributed by atoms with Gasteiger partial charge in [-0.1, -0.05) is 35.3 Å². The lowest BCUT2D eigenvalue weighted by Gasteiger charge is -2.38. The van der Waals surface area contributed by atoms with E-state index in [1.165, 1.54) is 7.11 Å². The van der Waals surface area contributed by atoms with E-state index in [4.69, 9.17) is 32.8 Å². The number of carbonyl (C=O) groups excluding carboxylic acids is 2. The van der Waals surface area contributed by atoms with Crippen LogP contribution in [0.15, 0.2) is 42.5 Å². The van der Waals surface area contributed by atoms with Crippen LogP contribution in [-0.2, 0) is 15.1 Å². The lowest BCUT2D eigenvalue weighted by Crippen LogP contribution is -2.48. The number of hydrogen-bond acceptors (Lipinski definition) is 4. The maximum absolute atomic E-state index is 13.5. The molecule has 0 bridgehead atoms. The van der Waals surface area contributed by atoms with Gasteiger partial charge in [0.25, 0.3) is 11.8 Å². The normalized spacial score (nSPS) is 18.2. The Bertz CT molecular complexity index is 1170. The first kappa shape index (κ1) is 22.6. The summed E-state index contributed by atoms with van der Waals surface area (Å²) in [5, 5.41) is 2.69. The Balaban J connectivity index is 1.67. The van der Waals surface area contributed by atoms with Crippen molar-refractivity contribution in [1.82, 2.24) is 14.9 Å². The van der Waals surface area contributed by atoms with Gasteiger partial charge in [0.2, 0.25) is 0 Å². The van der Waals surface area contributed by atoms with Crippen LogP contribution < -0.4 is 0 Å². The minimum atomic E-state index is -0.662. The molecule has 2 amide bonds. The highest BCUT2D eigenvalue weighted by Crippen LogP contribution is 2.38. The first-order chi connectivity index (χ1) is 15.3. The predicted molar refractivity (Wildman–Crippen MR) is 123 cm³/mol. The minimum absolute atomic E-state index is 0.196. The zero-order chi connectivity index (χ0) is 23.0. The molecule has 3 aromatic rings. The third kappa shape index (κ3) is 3.75. The topological polar surface area (TPSA) is 74.9 Å². The lowest BCUT2D eigenvalue weighted by molar-refractivity contribution is -0.0757. The summed E-state index contributed by atoms with van der Waals surface area (Å²) in [5.74, 6) is -0.452. The number of ether oxygens (including phenoxy) is 1. The fourth-order valence-corrected chi connectivity index (χ4v) is 4.44. The number of nitrogens with zero attached hydrogens (tertiary/aromatic N) is 2. The summed E-state index contributed by atoms with van der Waals surface area (Å²) in [6.45, 7) is 0.881. The van der Waals surface area contributed by atoms with Crippen LogP contribution >= 0.6 is 23.2 Å². The number of nitrogens with one attached hydrogen (secondary N) is 1. The first-order valence-electron chi connectivity index (χ1n) is 10.0. The molecule has 1 unspecified atom stereocenters. The van der Waals surface area contributed by atoms with E-state index < -0.39 is 5.54 Å². The SMILES string of the molecule is CON(C)C(=O)c1ccc(C2(N(C)C(=O)c3cc4c(Cl)c(Cl)ccc4[nH]3)CCOC2)cc1. The number of rotatable bonds is 5. The summed E-state index contributed by atoms with van der Waals surface area (Å²) >= 11 is 12.4. The summed E-state index contributed by atoms with van der Waals surface area (Å²) < 4.78 is 5.71. The number of carbonyl (C=O) groups is 2. The Morgan fingerprint density at radius 2 is 1.81 bits per heavy atom. The van der Waals surface area contributed by atoms with Crippen LogP contribution in [0.4, 0.5) is 0 Å². The average molecular weight is 476 g/mol. The second-order valence-corrected chi connectivity index (χ2v) is 8.55. The lowest BCUT2D eigenvalue weighted by atomic mass is 9.86. The Morgan fingerprint density at radius 3 is 2.44 bits per heavy atom. The first-order valence-corrected chi connectivity index (χ1v) is 10.8. The van der Waals surface area contributed by atoms with E-state index >= 15 is 0 Å². The summed E-state index contributed by atoms with van der Waals surface area (Å²) in [7, 11) is 4.74. The molecule has 2 aromatic carbocycles. The largest absolute Gasteiger partial charge is 0.379 e. The van der Waals surface area contributed by atoms with Gasteiger partial charge in [-0.2, -0.15) is 0 Å². The molecule has 7 nitrogen and oxygen atoms in total. The number of H-pyrrole nitrogens is 1. The fraction of sp³-hybridized carbons (Fsp3) is 0.304. The van der Waals surface area contributed by atoms with Gasteiger partial charge in [-0.25, -0.2) is 5.06 Å². The summed E-state index contributed by atoms with van der Waals surface area (Å²) in [6.07, 6.45) is 0.632. The quantitative estimate of drug-likeness (QED) is 0.551. The van der Waals surface area contributed by atoms with Crippen LogP contribution in [0.1, 0.15) is 32.8 Å². The summed E-state index contributed by atoms with van der Waals surface area (Å²) in [4.78, 5) is 35.6. The van der Waals surface area contributed by atoms with Crippen molar-refractivity contribution in [3.63, 3.8) is 0 Å². The molecule has 168 valence electrons. The molecule has 1 saturated heterocycles. The number of halogens is 2. The summed E-state index contributed by atoms with van der Waals surface area (Å²) in [5.41, 5.74) is 1.86. The Hall–Kier alpha value is -2.58. The van der Waals surface area contributed by atoms with E-state index in [2.05, 4.69) is 4.98 Å². The molecule has 0 aliphatic carbocycles. The van der Waals surface area contributed by atoms with Crippen molar-refractivity contribution in [3.05, 3.63) is 69.3 Å². The molecule has 1 aliphatic rings. The van der Waals surface area contributed by atoms with Crippen molar-refractivity contribution >= 4 is 45.9 Å². The Morgan fingerprint density at radius 1 is 1.09 bits per heavy atom. The second kappa shape index (κ2) is 8.75. The van der Waals surface area contributed by atoms with Crippen LogP contribution in [-0.4, -0.2) is 61.2 Å². The van der Waals surface area contributed by atoms with E-state index in [0.717, 1.165) is 16.1 Å². The average Bonchev–Trinajstić information content (AvgIpc) is 3.48. The van der Waals surface area contributed by atoms with Gasteiger partial charge in [-0.05, 0) is 35.9 Å². The van der Waals surface area contributed by atoms with Gasteiger partial charge in [0, 0.05) is 43.6 Å². The summed E-state index contributed by atoms with van der Waals surface area (Å²) in [6, 6.07) is 12.4. The highest BCUT2D eigenvalue weighted by atomic mass is 35.5. The van der Waals surface area contributed by atoms with Gasteiger partial charge in [-0.3, -0.25) is 14.4 Å². The molecule has 1 N–H and O–H groups in total. The van der Waals surface area contributed by atoms with Crippen LogP contribution in [0.5, 0.6) is 0 Å². The molecule has 0 radical (unpaired) electrons. The van der Waals surface area contributed by atoms with Gasteiger partial charge in [0.15, 0.2) is 0 Å². The predicted octanol–water partition coefficient (Wildman–Crippen LogP) is 4.50. The minimum Gasteiger partial charge on any atom is -0.379 e. The maximum atomic E-state index is 13.5. The molecule has 1 atom stereocenters. The van der Waals surface area contributed by atoms with Gasteiger partial charge < -0.3 is 14.6 Å². The third-order valence-corrected chi connectivity index (χ3v) is 6.92. The number of aromatic nitrogens is 1. The molecule has 32 heavy (non-hydrogen) atoms. The van der Waals surface area contributed by atoms with Crippen LogP contribution in [0.3, 0.4) is 0 Å². The van der Waals surface area contributed by atoms with Gasteiger partial charge in [-0.15, -0.1) is 0 Å². The van der Waals surface area contributed by atoms with Crippen molar-refractivity contribution in [3.8, 4) is 0 Å². The van der Waals surface area contributed by atoms with Crippen LogP contribution in [0.25, 0.3) is 10.9 Å². The smallest absolute Gasteiger partial charge is 0.277 e. The van der Waals surface area contributed by atoms with Crippen molar-refractivity contribution in [2.75, 3.05) is 34.4 Å². The molecular weight excluding hydrogens is 453 g/mol.